The number of aromatic nitrogens is 2. The van der Waals surface area contributed by atoms with Gasteiger partial charge in [-0.25, -0.2) is 4.98 Å². The quantitative estimate of drug-likeness (QED) is 0.420. The molecule has 4 heteroatoms. The smallest absolute Gasteiger partial charge is 0.219 e. The fourth-order valence-electron chi connectivity index (χ4n) is 3.02. The fourth-order valence-corrected chi connectivity index (χ4v) is 4.07. The zero-order valence-electron chi connectivity index (χ0n) is 12.3. The summed E-state index contributed by atoms with van der Waals surface area (Å²) in [6.45, 7) is 0. The Morgan fingerprint density at radius 3 is 2.13 bits per heavy atom. The average molecular weight is 315 g/mol. The molecule has 1 aliphatic heterocycles. The largest absolute Gasteiger partial charge is 0.286 e. The van der Waals surface area contributed by atoms with Crippen LogP contribution in [0.15, 0.2) is 88.9 Å². The van der Waals surface area contributed by atoms with E-state index < -0.39 is 0 Å². The Labute approximate surface area is 138 Å². The lowest BCUT2D eigenvalue weighted by Gasteiger charge is -2.31. The molecule has 0 unspecified atom stereocenters. The first-order valence-electron chi connectivity index (χ1n) is 7.50. The first kappa shape index (κ1) is 12.8. The van der Waals surface area contributed by atoms with Crippen LogP contribution in [0.25, 0.3) is 5.52 Å². The van der Waals surface area contributed by atoms with Crippen molar-refractivity contribution in [3.63, 3.8) is 0 Å². The van der Waals surface area contributed by atoms with Crippen LogP contribution in [-0.4, -0.2) is 9.38 Å². The number of pyridine rings is 1. The summed E-state index contributed by atoms with van der Waals surface area (Å²) in [5.74, 6) is 0.917. The number of fused-ring (bicyclic) bond motifs is 3. The number of para-hydroxylation sites is 2. The Morgan fingerprint density at radius 1 is 0.739 bits per heavy atom. The molecular weight excluding hydrogens is 302 g/mol. The molecule has 0 spiro atoms. The Kier molecular flexibility index (Phi) is 2.72. The highest BCUT2D eigenvalue weighted by molar-refractivity contribution is 7.99. The number of benzene rings is 2. The van der Waals surface area contributed by atoms with Crippen LogP contribution in [-0.2, 0) is 0 Å². The standard InChI is InChI=1S/C19H13N3S/c1-3-10-17-15(8-1)22(16-9-2-4-11-18(16)23-17)19-20-13-14-7-5-6-12-21(14)19/h1-13H. The maximum atomic E-state index is 4.70. The first-order chi connectivity index (χ1) is 11.4. The van der Waals surface area contributed by atoms with Crippen LogP contribution < -0.4 is 4.90 Å². The van der Waals surface area contributed by atoms with E-state index in [1.807, 2.05) is 30.1 Å². The molecule has 2 aromatic carbocycles. The van der Waals surface area contributed by atoms with E-state index in [2.05, 4.69) is 70.1 Å². The molecule has 0 radical (unpaired) electrons. The van der Waals surface area contributed by atoms with E-state index >= 15 is 0 Å². The molecule has 5 rings (SSSR count). The van der Waals surface area contributed by atoms with Gasteiger partial charge >= 0.3 is 0 Å². The average Bonchev–Trinajstić information content (AvgIpc) is 3.03. The fraction of sp³-hybridized carbons (Fsp3) is 0. The minimum atomic E-state index is 0.917. The molecule has 0 saturated heterocycles. The van der Waals surface area contributed by atoms with Gasteiger partial charge in [0.25, 0.3) is 0 Å². The Bertz CT molecular complexity index is 976. The zero-order chi connectivity index (χ0) is 15.2. The van der Waals surface area contributed by atoms with Crippen LogP contribution in [0.5, 0.6) is 0 Å². The first-order valence-corrected chi connectivity index (χ1v) is 8.31. The van der Waals surface area contributed by atoms with E-state index in [0.717, 1.165) is 11.5 Å². The van der Waals surface area contributed by atoms with Gasteiger partial charge in [-0.05, 0) is 36.4 Å². The van der Waals surface area contributed by atoms with Crippen molar-refractivity contribution >= 4 is 34.6 Å². The van der Waals surface area contributed by atoms with Crippen LogP contribution in [0.2, 0.25) is 0 Å². The molecule has 0 saturated carbocycles. The Morgan fingerprint density at radius 2 is 1.39 bits per heavy atom. The lowest BCUT2D eigenvalue weighted by atomic mass is 10.2. The minimum absolute atomic E-state index is 0.917. The third kappa shape index (κ3) is 1.88. The summed E-state index contributed by atoms with van der Waals surface area (Å²) in [4.78, 5) is 9.44. The summed E-state index contributed by atoms with van der Waals surface area (Å²) in [5.41, 5.74) is 3.44. The highest BCUT2D eigenvalue weighted by atomic mass is 32.2. The van der Waals surface area contributed by atoms with Gasteiger partial charge in [0.1, 0.15) is 0 Å². The number of hydrogen-bond acceptors (Lipinski definition) is 3. The van der Waals surface area contributed by atoms with Crippen molar-refractivity contribution in [1.29, 1.82) is 0 Å². The summed E-state index contributed by atoms with van der Waals surface area (Å²) in [6, 6.07) is 23.1. The van der Waals surface area contributed by atoms with Crippen LogP contribution in [0, 0.1) is 0 Å². The van der Waals surface area contributed by atoms with E-state index in [1.54, 1.807) is 0 Å². The molecule has 0 fully saturated rings. The summed E-state index contributed by atoms with van der Waals surface area (Å²) < 4.78 is 2.13. The molecule has 3 heterocycles. The van der Waals surface area contributed by atoms with E-state index in [-0.39, 0.29) is 0 Å². The Hall–Kier alpha value is -2.72. The molecule has 0 aliphatic carbocycles. The normalized spacial score (nSPS) is 13.0. The summed E-state index contributed by atoms with van der Waals surface area (Å²) in [6.07, 6.45) is 3.98. The molecule has 0 bridgehead atoms. The maximum absolute atomic E-state index is 4.70. The number of hydrogen-bond donors (Lipinski definition) is 0. The van der Waals surface area contributed by atoms with Gasteiger partial charge in [0.05, 0.1) is 23.1 Å². The van der Waals surface area contributed by atoms with E-state index in [0.29, 0.717) is 0 Å². The lowest BCUT2D eigenvalue weighted by molar-refractivity contribution is 1.04. The van der Waals surface area contributed by atoms with Gasteiger partial charge in [-0.2, -0.15) is 0 Å². The molecule has 23 heavy (non-hydrogen) atoms. The van der Waals surface area contributed by atoms with Gasteiger partial charge in [0.2, 0.25) is 5.95 Å². The SMILES string of the molecule is c1ccc2c(c1)Sc1ccccc1N2c1ncc2ccccn12. The number of nitrogens with zero attached hydrogens (tertiary/aromatic N) is 3. The molecule has 3 nitrogen and oxygen atoms in total. The second kappa shape index (κ2) is 4.89. The van der Waals surface area contributed by atoms with Gasteiger partial charge in [0.15, 0.2) is 0 Å². The van der Waals surface area contributed by atoms with E-state index in [1.165, 1.54) is 21.2 Å². The molecule has 2 aromatic heterocycles. The predicted molar refractivity (Wildman–Crippen MR) is 94.0 cm³/mol. The number of imidazole rings is 1. The van der Waals surface area contributed by atoms with Crippen LogP contribution in [0.3, 0.4) is 0 Å². The van der Waals surface area contributed by atoms with Gasteiger partial charge in [-0.1, -0.05) is 42.1 Å². The van der Waals surface area contributed by atoms with Crippen LogP contribution in [0.1, 0.15) is 0 Å². The third-order valence-electron chi connectivity index (χ3n) is 4.05. The number of rotatable bonds is 1. The molecule has 0 N–H and O–H groups in total. The molecule has 110 valence electrons. The van der Waals surface area contributed by atoms with Gasteiger partial charge < -0.3 is 0 Å². The highest BCUT2D eigenvalue weighted by Gasteiger charge is 2.26. The van der Waals surface area contributed by atoms with Crippen molar-refractivity contribution in [2.45, 2.75) is 9.79 Å². The highest BCUT2D eigenvalue weighted by Crippen LogP contribution is 2.50. The maximum Gasteiger partial charge on any atom is 0.219 e. The van der Waals surface area contributed by atoms with E-state index in [9.17, 15) is 0 Å². The van der Waals surface area contributed by atoms with Gasteiger partial charge in [-0.3, -0.25) is 9.30 Å². The summed E-state index contributed by atoms with van der Waals surface area (Å²) >= 11 is 1.81. The Balaban J connectivity index is 1.82. The minimum Gasteiger partial charge on any atom is -0.286 e. The molecular formula is C19H13N3S. The second-order valence-corrected chi connectivity index (χ2v) is 6.51. The summed E-state index contributed by atoms with van der Waals surface area (Å²) in [7, 11) is 0. The van der Waals surface area contributed by atoms with Crippen molar-refractivity contribution in [3.05, 3.63) is 79.1 Å². The van der Waals surface area contributed by atoms with Crippen molar-refractivity contribution in [1.82, 2.24) is 9.38 Å². The number of anilines is 3. The molecule has 1 aliphatic rings. The molecule has 0 atom stereocenters. The zero-order valence-corrected chi connectivity index (χ0v) is 13.1. The van der Waals surface area contributed by atoms with Crippen molar-refractivity contribution < 1.29 is 0 Å². The summed E-state index contributed by atoms with van der Waals surface area (Å²) in [5, 5.41) is 0. The van der Waals surface area contributed by atoms with Crippen molar-refractivity contribution in [3.8, 4) is 0 Å². The van der Waals surface area contributed by atoms with Crippen LogP contribution >= 0.6 is 11.8 Å². The second-order valence-electron chi connectivity index (χ2n) is 5.43. The lowest BCUT2D eigenvalue weighted by Crippen LogP contribution is -2.17. The topological polar surface area (TPSA) is 20.5 Å². The molecule has 4 aromatic rings. The molecule has 0 amide bonds. The van der Waals surface area contributed by atoms with E-state index in [4.69, 9.17) is 4.98 Å². The van der Waals surface area contributed by atoms with Gasteiger partial charge in [0, 0.05) is 16.0 Å². The van der Waals surface area contributed by atoms with Crippen molar-refractivity contribution in [2.24, 2.45) is 0 Å². The third-order valence-corrected chi connectivity index (χ3v) is 5.18. The predicted octanol–water partition coefficient (Wildman–Crippen LogP) is 5.27. The van der Waals surface area contributed by atoms with Gasteiger partial charge in [-0.15, -0.1) is 0 Å². The van der Waals surface area contributed by atoms with Crippen molar-refractivity contribution in [2.75, 3.05) is 4.90 Å². The monoisotopic (exact) mass is 315 g/mol. The van der Waals surface area contributed by atoms with Crippen LogP contribution in [0.4, 0.5) is 17.3 Å².